The standard InChI is InChI=1S/C17H25BrN2/c1-12(19)14-6-7-17(16(18)10-14)20-9-8-13-4-2-3-5-15(13)11-20/h6-7,10,12-13,15H,2-5,8-9,11,19H2,1H3/t12-,13?,15?/m0/s1. The molecule has 0 radical (unpaired) electrons. The molecule has 1 saturated heterocycles. The van der Waals surface area contributed by atoms with Gasteiger partial charge in [0.1, 0.15) is 0 Å². The first-order valence-corrected chi connectivity index (χ1v) is 8.74. The second kappa shape index (κ2) is 6.07. The van der Waals surface area contributed by atoms with Crippen molar-refractivity contribution in [1.29, 1.82) is 0 Å². The summed E-state index contributed by atoms with van der Waals surface area (Å²) in [5.74, 6) is 1.90. The van der Waals surface area contributed by atoms with Gasteiger partial charge < -0.3 is 10.6 Å². The minimum absolute atomic E-state index is 0.101. The fourth-order valence-electron chi connectivity index (χ4n) is 3.88. The van der Waals surface area contributed by atoms with Crippen molar-refractivity contribution < 1.29 is 0 Å². The van der Waals surface area contributed by atoms with Crippen molar-refractivity contribution >= 4 is 21.6 Å². The number of piperidine rings is 1. The van der Waals surface area contributed by atoms with Gasteiger partial charge >= 0.3 is 0 Å². The topological polar surface area (TPSA) is 29.3 Å². The molecule has 3 rings (SSSR count). The van der Waals surface area contributed by atoms with Crippen molar-refractivity contribution in [2.75, 3.05) is 18.0 Å². The van der Waals surface area contributed by atoms with Gasteiger partial charge in [0.2, 0.25) is 0 Å². The van der Waals surface area contributed by atoms with Crippen LogP contribution in [-0.2, 0) is 0 Å². The van der Waals surface area contributed by atoms with Crippen LogP contribution in [0.4, 0.5) is 5.69 Å². The zero-order valence-electron chi connectivity index (χ0n) is 12.3. The van der Waals surface area contributed by atoms with E-state index in [0.29, 0.717) is 0 Å². The monoisotopic (exact) mass is 336 g/mol. The third kappa shape index (κ3) is 2.89. The van der Waals surface area contributed by atoms with Crippen LogP contribution in [0.2, 0.25) is 0 Å². The average molecular weight is 337 g/mol. The molecule has 0 amide bonds. The summed E-state index contributed by atoms with van der Waals surface area (Å²) in [6.45, 7) is 4.48. The molecule has 1 aliphatic heterocycles. The molecule has 1 aromatic rings. The molecule has 2 unspecified atom stereocenters. The normalized spacial score (nSPS) is 28.1. The lowest BCUT2D eigenvalue weighted by Crippen LogP contribution is -2.42. The second-order valence-electron chi connectivity index (χ2n) is 6.54. The molecule has 2 aliphatic rings. The Hall–Kier alpha value is -0.540. The summed E-state index contributed by atoms with van der Waals surface area (Å²) < 4.78 is 1.20. The molecule has 0 spiro atoms. The first-order valence-electron chi connectivity index (χ1n) is 7.95. The van der Waals surface area contributed by atoms with E-state index in [9.17, 15) is 0 Å². The fraction of sp³-hybridized carbons (Fsp3) is 0.647. The van der Waals surface area contributed by atoms with Gasteiger partial charge in [-0.05, 0) is 65.2 Å². The van der Waals surface area contributed by atoms with Crippen molar-refractivity contribution in [3.05, 3.63) is 28.2 Å². The predicted octanol–water partition coefficient (Wildman–Crippen LogP) is 4.49. The van der Waals surface area contributed by atoms with Crippen molar-refractivity contribution in [2.24, 2.45) is 17.6 Å². The molecule has 1 saturated carbocycles. The minimum atomic E-state index is 0.101. The maximum Gasteiger partial charge on any atom is 0.0510 e. The van der Waals surface area contributed by atoms with Gasteiger partial charge in [-0.2, -0.15) is 0 Å². The molecule has 3 heteroatoms. The molecule has 3 atom stereocenters. The van der Waals surface area contributed by atoms with Crippen LogP contribution in [0.15, 0.2) is 22.7 Å². The molecule has 110 valence electrons. The van der Waals surface area contributed by atoms with E-state index in [1.807, 2.05) is 6.92 Å². The summed E-state index contributed by atoms with van der Waals surface area (Å²) in [6, 6.07) is 6.71. The summed E-state index contributed by atoms with van der Waals surface area (Å²) >= 11 is 3.74. The molecule has 1 heterocycles. The maximum absolute atomic E-state index is 5.96. The van der Waals surface area contributed by atoms with Crippen LogP contribution < -0.4 is 10.6 Å². The molecule has 2 fully saturated rings. The van der Waals surface area contributed by atoms with Crippen molar-refractivity contribution in [3.63, 3.8) is 0 Å². The highest BCUT2D eigenvalue weighted by molar-refractivity contribution is 9.10. The third-order valence-corrected chi connectivity index (χ3v) is 5.76. The maximum atomic E-state index is 5.96. The van der Waals surface area contributed by atoms with Gasteiger partial charge in [-0.15, -0.1) is 0 Å². The largest absolute Gasteiger partial charge is 0.370 e. The Kier molecular flexibility index (Phi) is 4.37. The van der Waals surface area contributed by atoms with E-state index in [1.165, 1.54) is 60.9 Å². The van der Waals surface area contributed by atoms with Gasteiger partial charge in [0.25, 0.3) is 0 Å². The van der Waals surface area contributed by atoms with Crippen molar-refractivity contribution in [1.82, 2.24) is 0 Å². The summed E-state index contributed by atoms with van der Waals surface area (Å²) in [5, 5.41) is 0. The van der Waals surface area contributed by atoms with Crippen molar-refractivity contribution in [2.45, 2.75) is 45.1 Å². The summed E-state index contributed by atoms with van der Waals surface area (Å²) in [4.78, 5) is 2.57. The zero-order valence-corrected chi connectivity index (χ0v) is 13.9. The van der Waals surface area contributed by atoms with Crippen LogP contribution in [0.5, 0.6) is 0 Å². The number of anilines is 1. The lowest BCUT2D eigenvalue weighted by Gasteiger charge is -2.42. The highest BCUT2D eigenvalue weighted by Crippen LogP contribution is 2.39. The lowest BCUT2D eigenvalue weighted by molar-refractivity contribution is 0.202. The molecule has 1 aromatic carbocycles. The van der Waals surface area contributed by atoms with Crippen LogP contribution in [0.1, 0.15) is 50.6 Å². The molecular weight excluding hydrogens is 312 g/mol. The Morgan fingerprint density at radius 2 is 1.95 bits per heavy atom. The average Bonchev–Trinajstić information content (AvgIpc) is 2.46. The molecular formula is C17H25BrN2. The Morgan fingerprint density at radius 1 is 1.20 bits per heavy atom. The number of rotatable bonds is 2. The third-order valence-electron chi connectivity index (χ3n) is 5.13. The van der Waals surface area contributed by atoms with E-state index in [1.54, 1.807) is 0 Å². The van der Waals surface area contributed by atoms with E-state index in [-0.39, 0.29) is 6.04 Å². The van der Waals surface area contributed by atoms with Crippen LogP contribution in [0.25, 0.3) is 0 Å². The van der Waals surface area contributed by atoms with Gasteiger partial charge in [-0.25, -0.2) is 0 Å². The highest BCUT2D eigenvalue weighted by Gasteiger charge is 2.31. The molecule has 2 nitrogen and oxygen atoms in total. The molecule has 0 bridgehead atoms. The fourth-order valence-corrected chi connectivity index (χ4v) is 4.53. The van der Waals surface area contributed by atoms with Gasteiger partial charge in [-0.3, -0.25) is 0 Å². The second-order valence-corrected chi connectivity index (χ2v) is 7.39. The molecule has 1 aliphatic carbocycles. The predicted molar refractivity (Wildman–Crippen MR) is 89.0 cm³/mol. The van der Waals surface area contributed by atoms with E-state index in [2.05, 4.69) is 39.0 Å². The van der Waals surface area contributed by atoms with Crippen LogP contribution in [0, 0.1) is 11.8 Å². The first-order chi connectivity index (χ1) is 9.65. The lowest BCUT2D eigenvalue weighted by atomic mass is 9.75. The SMILES string of the molecule is C[C@H](N)c1ccc(N2CCC3CCCCC3C2)c(Br)c1. The zero-order chi connectivity index (χ0) is 14.1. The highest BCUT2D eigenvalue weighted by atomic mass is 79.9. The number of benzene rings is 1. The van der Waals surface area contributed by atoms with Gasteiger partial charge in [0.05, 0.1) is 5.69 Å². The van der Waals surface area contributed by atoms with Crippen LogP contribution >= 0.6 is 15.9 Å². The summed E-state index contributed by atoms with van der Waals surface area (Å²) in [6.07, 6.45) is 7.14. The smallest absolute Gasteiger partial charge is 0.0510 e. The van der Waals surface area contributed by atoms with Gasteiger partial charge in [-0.1, -0.05) is 25.3 Å². The Morgan fingerprint density at radius 3 is 2.65 bits per heavy atom. The number of hydrogen-bond acceptors (Lipinski definition) is 2. The number of hydrogen-bond donors (Lipinski definition) is 1. The van der Waals surface area contributed by atoms with E-state index in [0.717, 1.165) is 11.8 Å². The van der Waals surface area contributed by atoms with Crippen molar-refractivity contribution in [3.8, 4) is 0 Å². The number of fused-ring (bicyclic) bond motifs is 1. The summed E-state index contributed by atoms with van der Waals surface area (Å²) in [5.41, 5.74) is 8.51. The first kappa shape index (κ1) is 14.4. The van der Waals surface area contributed by atoms with E-state index >= 15 is 0 Å². The number of nitrogens with zero attached hydrogens (tertiary/aromatic N) is 1. The van der Waals surface area contributed by atoms with Crippen LogP contribution in [0.3, 0.4) is 0 Å². The Bertz CT molecular complexity index is 472. The van der Waals surface area contributed by atoms with Crippen LogP contribution in [-0.4, -0.2) is 13.1 Å². The van der Waals surface area contributed by atoms with Gasteiger partial charge in [0.15, 0.2) is 0 Å². The quantitative estimate of drug-likeness (QED) is 0.862. The number of halogens is 1. The summed E-state index contributed by atoms with van der Waals surface area (Å²) in [7, 11) is 0. The Labute approximate surface area is 130 Å². The van der Waals surface area contributed by atoms with Gasteiger partial charge in [0, 0.05) is 23.6 Å². The molecule has 0 aromatic heterocycles. The van der Waals surface area contributed by atoms with E-state index in [4.69, 9.17) is 5.73 Å². The molecule has 2 N–H and O–H groups in total. The van der Waals surface area contributed by atoms with E-state index < -0.39 is 0 Å². The molecule has 20 heavy (non-hydrogen) atoms. The number of nitrogens with two attached hydrogens (primary N) is 1. The minimum Gasteiger partial charge on any atom is -0.370 e. The Balaban J connectivity index is 1.76.